The van der Waals surface area contributed by atoms with Gasteiger partial charge in [-0.25, -0.2) is 4.39 Å². The summed E-state index contributed by atoms with van der Waals surface area (Å²) in [4.78, 5) is 22.9. The number of carbonyl (C=O) groups excluding carboxylic acids is 2. The Kier molecular flexibility index (Phi) is 5.77. The Balaban J connectivity index is 2.07. The molecular formula is C17H20ClFN2O2. The zero-order valence-corrected chi connectivity index (χ0v) is 13.6. The Labute approximate surface area is 140 Å². The first-order chi connectivity index (χ1) is 11.0. The molecule has 2 N–H and O–H groups in total. The molecule has 23 heavy (non-hydrogen) atoms. The second kappa shape index (κ2) is 7.59. The van der Waals surface area contributed by atoms with Crippen LogP contribution in [0.3, 0.4) is 0 Å². The van der Waals surface area contributed by atoms with E-state index in [1.54, 1.807) is 12.1 Å². The van der Waals surface area contributed by atoms with Crippen molar-refractivity contribution in [1.82, 2.24) is 10.6 Å². The molecule has 0 heterocycles. The lowest BCUT2D eigenvalue weighted by atomic mass is 9.78. The molecule has 6 heteroatoms. The molecule has 0 atom stereocenters. The van der Waals surface area contributed by atoms with E-state index in [4.69, 9.17) is 11.6 Å². The van der Waals surface area contributed by atoms with Gasteiger partial charge in [-0.1, -0.05) is 43.2 Å². The van der Waals surface area contributed by atoms with Crippen LogP contribution in [0.5, 0.6) is 0 Å². The van der Waals surface area contributed by atoms with Crippen molar-refractivity contribution in [2.24, 2.45) is 0 Å². The van der Waals surface area contributed by atoms with Crippen molar-refractivity contribution in [2.45, 2.75) is 31.1 Å². The highest BCUT2D eigenvalue weighted by Crippen LogP contribution is 2.42. The number of nitrogens with one attached hydrogen (secondary N) is 2. The molecule has 0 aliphatic heterocycles. The molecule has 124 valence electrons. The number of hydrogen-bond acceptors (Lipinski definition) is 2. The summed E-state index contributed by atoms with van der Waals surface area (Å²) in [6.45, 7) is 3.52. The zero-order chi connectivity index (χ0) is 16.9. The molecule has 0 bridgehead atoms. The fraction of sp³-hybridized carbons (Fsp3) is 0.412. The predicted molar refractivity (Wildman–Crippen MR) is 87.8 cm³/mol. The monoisotopic (exact) mass is 338 g/mol. The lowest BCUT2D eigenvalue weighted by Gasteiger charge is -2.30. The molecular weight excluding hydrogens is 319 g/mol. The molecule has 1 aliphatic rings. The summed E-state index contributed by atoms with van der Waals surface area (Å²) in [5.41, 5.74) is 0.116. The van der Waals surface area contributed by atoms with Gasteiger partial charge in [-0.15, -0.1) is 0 Å². The van der Waals surface area contributed by atoms with E-state index >= 15 is 0 Å². The molecule has 2 amide bonds. The van der Waals surface area contributed by atoms with Crippen molar-refractivity contribution in [3.05, 3.63) is 47.3 Å². The molecule has 0 saturated heterocycles. The number of rotatable bonds is 6. The topological polar surface area (TPSA) is 58.2 Å². The van der Waals surface area contributed by atoms with Crippen molar-refractivity contribution in [2.75, 3.05) is 13.1 Å². The van der Waals surface area contributed by atoms with Crippen molar-refractivity contribution in [3.63, 3.8) is 0 Å². The molecule has 4 nitrogen and oxygen atoms in total. The van der Waals surface area contributed by atoms with Crippen molar-refractivity contribution in [1.29, 1.82) is 0 Å². The van der Waals surface area contributed by atoms with Gasteiger partial charge in [-0.05, 0) is 30.5 Å². The van der Waals surface area contributed by atoms with Crippen LogP contribution in [0, 0.1) is 5.82 Å². The van der Waals surface area contributed by atoms with Crippen molar-refractivity contribution >= 4 is 23.4 Å². The van der Waals surface area contributed by atoms with Gasteiger partial charge in [0.2, 0.25) is 11.8 Å². The number of amides is 2. The molecule has 2 rings (SSSR count). The van der Waals surface area contributed by atoms with Gasteiger partial charge in [0.1, 0.15) is 5.82 Å². The minimum Gasteiger partial charge on any atom is -0.354 e. The Morgan fingerprint density at radius 1 is 1.30 bits per heavy atom. The lowest BCUT2D eigenvalue weighted by Crippen LogP contribution is -2.43. The van der Waals surface area contributed by atoms with Gasteiger partial charge >= 0.3 is 0 Å². The molecule has 1 aromatic carbocycles. The number of halogens is 2. The van der Waals surface area contributed by atoms with Gasteiger partial charge in [0.15, 0.2) is 0 Å². The lowest BCUT2D eigenvalue weighted by molar-refractivity contribution is -0.124. The molecule has 1 saturated carbocycles. The van der Waals surface area contributed by atoms with Crippen LogP contribution in [0.15, 0.2) is 30.9 Å². The van der Waals surface area contributed by atoms with Crippen molar-refractivity contribution in [3.8, 4) is 0 Å². The number of hydrogen-bond donors (Lipinski definition) is 2. The second-order valence-corrected chi connectivity index (χ2v) is 6.19. The standard InChI is InChI=1S/C17H20ClFN2O2/c1-2-14(22)20-10-15(23)21-11-17(8-3-4-9-17)12-6-5-7-13(18)16(12)19/h2,5-7H,1,3-4,8-11H2,(H,20,22)(H,21,23). The van der Waals surface area contributed by atoms with E-state index in [1.807, 2.05) is 0 Å². The summed E-state index contributed by atoms with van der Waals surface area (Å²) in [6, 6.07) is 4.98. The van der Waals surface area contributed by atoms with Gasteiger partial charge in [0, 0.05) is 12.0 Å². The summed E-state index contributed by atoms with van der Waals surface area (Å²) >= 11 is 5.90. The van der Waals surface area contributed by atoms with Crippen LogP contribution >= 0.6 is 11.6 Å². The summed E-state index contributed by atoms with van der Waals surface area (Å²) < 4.78 is 14.4. The van der Waals surface area contributed by atoms with Crippen LogP contribution in [0.25, 0.3) is 0 Å². The Morgan fingerprint density at radius 2 is 2.00 bits per heavy atom. The fourth-order valence-corrected chi connectivity index (χ4v) is 3.25. The van der Waals surface area contributed by atoms with Crippen LogP contribution in [0.4, 0.5) is 4.39 Å². The Morgan fingerprint density at radius 3 is 2.65 bits per heavy atom. The first kappa shape index (κ1) is 17.5. The van der Waals surface area contributed by atoms with Crippen LogP contribution in [0.1, 0.15) is 31.2 Å². The number of carbonyl (C=O) groups is 2. The summed E-state index contributed by atoms with van der Waals surface area (Å²) in [7, 11) is 0. The summed E-state index contributed by atoms with van der Waals surface area (Å²) in [6.07, 6.45) is 4.66. The van der Waals surface area contributed by atoms with Crippen LogP contribution in [-0.4, -0.2) is 24.9 Å². The molecule has 1 aliphatic carbocycles. The quantitative estimate of drug-likeness (QED) is 0.783. The minimum atomic E-state index is -0.437. The molecule has 1 fully saturated rings. The third-order valence-corrected chi connectivity index (χ3v) is 4.61. The third kappa shape index (κ3) is 4.10. The SMILES string of the molecule is C=CC(=O)NCC(=O)NCC1(c2cccc(Cl)c2F)CCCC1. The van der Waals surface area contributed by atoms with Gasteiger partial charge in [0.25, 0.3) is 0 Å². The van der Waals surface area contributed by atoms with E-state index in [1.165, 1.54) is 6.07 Å². The van der Waals surface area contributed by atoms with E-state index < -0.39 is 17.1 Å². The van der Waals surface area contributed by atoms with Gasteiger partial charge < -0.3 is 10.6 Å². The first-order valence-corrected chi connectivity index (χ1v) is 7.98. The Hall–Kier alpha value is -1.88. The largest absolute Gasteiger partial charge is 0.354 e. The van der Waals surface area contributed by atoms with E-state index in [0.717, 1.165) is 31.8 Å². The highest BCUT2D eigenvalue weighted by Gasteiger charge is 2.38. The first-order valence-electron chi connectivity index (χ1n) is 7.60. The normalized spacial score (nSPS) is 15.9. The fourth-order valence-electron chi connectivity index (χ4n) is 3.08. The molecule has 0 radical (unpaired) electrons. The maximum absolute atomic E-state index is 14.4. The van der Waals surface area contributed by atoms with Gasteiger partial charge in [-0.3, -0.25) is 9.59 Å². The number of benzene rings is 1. The smallest absolute Gasteiger partial charge is 0.243 e. The molecule has 0 spiro atoms. The highest BCUT2D eigenvalue weighted by molar-refractivity contribution is 6.30. The van der Waals surface area contributed by atoms with E-state index in [-0.39, 0.29) is 17.5 Å². The predicted octanol–water partition coefficient (Wildman–Crippen LogP) is 2.71. The Bertz CT molecular complexity index is 613. The zero-order valence-electron chi connectivity index (χ0n) is 12.8. The minimum absolute atomic E-state index is 0.0957. The van der Waals surface area contributed by atoms with Crippen molar-refractivity contribution < 1.29 is 14.0 Å². The van der Waals surface area contributed by atoms with Crippen LogP contribution in [-0.2, 0) is 15.0 Å². The maximum Gasteiger partial charge on any atom is 0.243 e. The van der Waals surface area contributed by atoms with Gasteiger partial charge in [0.05, 0.1) is 11.6 Å². The average molecular weight is 339 g/mol. The van der Waals surface area contributed by atoms with E-state index in [9.17, 15) is 14.0 Å². The van der Waals surface area contributed by atoms with Crippen LogP contribution < -0.4 is 10.6 Å². The van der Waals surface area contributed by atoms with Crippen LogP contribution in [0.2, 0.25) is 5.02 Å². The average Bonchev–Trinajstić information content (AvgIpc) is 3.03. The summed E-state index contributed by atoms with van der Waals surface area (Å²) in [5, 5.41) is 5.30. The summed E-state index contributed by atoms with van der Waals surface area (Å²) in [5.74, 6) is -1.13. The highest BCUT2D eigenvalue weighted by atomic mass is 35.5. The maximum atomic E-state index is 14.4. The van der Waals surface area contributed by atoms with E-state index in [2.05, 4.69) is 17.2 Å². The second-order valence-electron chi connectivity index (χ2n) is 5.79. The third-order valence-electron chi connectivity index (χ3n) is 4.32. The van der Waals surface area contributed by atoms with Gasteiger partial charge in [-0.2, -0.15) is 0 Å². The van der Waals surface area contributed by atoms with E-state index in [0.29, 0.717) is 12.1 Å². The molecule has 0 aromatic heterocycles. The molecule has 1 aromatic rings. The molecule has 0 unspecified atom stereocenters.